The van der Waals surface area contributed by atoms with Crippen LogP contribution in [-0.2, 0) is 17.8 Å². The van der Waals surface area contributed by atoms with Crippen LogP contribution in [0.1, 0.15) is 18.3 Å². The molecule has 1 aliphatic heterocycles. The molecule has 0 bridgehead atoms. The van der Waals surface area contributed by atoms with Crippen LogP contribution in [0, 0.1) is 10.1 Å². The van der Waals surface area contributed by atoms with Gasteiger partial charge in [-0.3, -0.25) is 10.1 Å². The SMILES string of the molecule is CCc1nsc(N2CCN(c3ccc([N+](=O)[O-])cc3COC)CC2)n1. The second kappa shape index (κ2) is 7.75. The van der Waals surface area contributed by atoms with Gasteiger partial charge in [-0.25, -0.2) is 4.98 Å². The van der Waals surface area contributed by atoms with E-state index in [2.05, 4.69) is 26.1 Å². The Morgan fingerprint density at radius 3 is 2.60 bits per heavy atom. The maximum absolute atomic E-state index is 11.0. The molecule has 134 valence electrons. The molecule has 1 saturated heterocycles. The molecule has 0 saturated carbocycles. The van der Waals surface area contributed by atoms with E-state index in [-0.39, 0.29) is 10.6 Å². The predicted molar refractivity (Wildman–Crippen MR) is 97.5 cm³/mol. The molecule has 0 amide bonds. The molecule has 2 aromatic rings. The Morgan fingerprint density at radius 2 is 2.00 bits per heavy atom. The summed E-state index contributed by atoms with van der Waals surface area (Å²) in [6.07, 6.45) is 0.847. The van der Waals surface area contributed by atoms with Gasteiger partial charge in [-0.2, -0.15) is 4.37 Å². The van der Waals surface area contributed by atoms with Gasteiger partial charge < -0.3 is 14.5 Å². The minimum Gasteiger partial charge on any atom is -0.380 e. The summed E-state index contributed by atoms with van der Waals surface area (Å²) in [5, 5.41) is 12.0. The van der Waals surface area contributed by atoms with Crippen molar-refractivity contribution in [1.29, 1.82) is 0 Å². The zero-order valence-electron chi connectivity index (χ0n) is 14.3. The average molecular weight is 363 g/mol. The first-order valence-corrected chi connectivity index (χ1v) is 8.98. The summed E-state index contributed by atoms with van der Waals surface area (Å²) in [6.45, 7) is 5.76. The molecule has 25 heavy (non-hydrogen) atoms. The fourth-order valence-electron chi connectivity index (χ4n) is 2.92. The number of hydrogen-bond donors (Lipinski definition) is 0. The molecule has 1 aromatic heterocycles. The summed E-state index contributed by atoms with van der Waals surface area (Å²) >= 11 is 1.45. The van der Waals surface area contributed by atoms with Crippen molar-refractivity contribution >= 4 is 28.0 Å². The zero-order valence-corrected chi connectivity index (χ0v) is 15.2. The largest absolute Gasteiger partial charge is 0.380 e. The van der Waals surface area contributed by atoms with Gasteiger partial charge in [-0.1, -0.05) is 6.92 Å². The zero-order chi connectivity index (χ0) is 17.8. The van der Waals surface area contributed by atoms with Gasteiger partial charge in [0.2, 0.25) is 5.13 Å². The van der Waals surface area contributed by atoms with E-state index in [4.69, 9.17) is 4.74 Å². The monoisotopic (exact) mass is 363 g/mol. The molecule has 0 N–H and O–H groups in total. The second-order valence-electron chi connectivity index (χ2n) is 5.82. The van der Waals surface area contributed by atoms with E-state index in [1.165, 1.54) is 11.5 Å². The van der Waals surface area contributed by atoms with Gasteiger partial charge in [0.05, 0.1) is 11.5 Å². The molecule has 9 heteroatoms. The molecule has 0 spiro atoms. The average Bonchev–Trinajstić information content (AvgIpc) is 3.11. The first-order valence-electron chi connectivity index (χ1n) is 8.21. The quantitative estimate of drug-likeness (QED) is 0.576. The van der Waals surface area contributed by atoms with Crippen molar-refractivity contribution in [3.8, 4) is 0 Å². The lowest BCUT2D eigenvalue weighted by atomic mass is 10.1. The highest BCUT2D eigenvalue weighted by Crippen LogP contribution is 2.28. The number of hydrogen-bond acceptors (Lipinski definition) is 8. The van der Waals surface area contributed by atoms with E-state index in [9.17, 15) is 10.1 Å². The number of anilines is 2. The summed E-state index contributed by atoms with van der Waals surface area (Å²) in [4.78, 5) is 19.7. The fraction of sp³-hybridized carbons (Fsp3) is 0.500. The number of nitro groups is 1. The van der Waals surface area contributed by atoms with Crippen LogP contribution in [-0.4, -0.2) is 47.6 Å². The van der Waals surface area contributed by atoms with Crippen molar-refractivity contribution in [3.63, 3.8) is 0 Å². The molecule has 0 atom stereocenters. The normalized spacial score (nSPS) is 14.8. The number of nitro benzene ring substituents is 1. The second-order valence-corrected chi connectivity index (χ2v) is 6.55. The van der Waals surface area contributed by atoms with E-state index in [1.807, 2.05) is 6.07 Å². The standard InChI is InChI=1S/C16H21N5O3S/c1-3-15-17-16(25-18-15)20-8-6-19(7-9-20)14-5-4-13(21(22)23)10-12(14)11-24-2/h4-5,10H,3,6-9,11H2,1-2H3. The lowest BCUT2D eigenvalue weighted by Crippen LogP contribution is -2.46. The van der Waals surface area contributed by atoms with Gasteiger partial charge in [0, 0.05) is 74.6 Å². The van der Waals surface area contributed by atoms with Crippen LogP contribution in [0.4, 0.5) is 16.5 Å². The van der Waals surface area contributed by atoms with Crippen LogP contribution in [0.25, 0.3) is 0 Å². The Labute approximate surface area is 150 Å². The van der Waals surface area contributed by atoms with Crippen LogP contribution in [0.15, 0.2) is 18.2 Å². The highest BCUT2D eigenvalue weighted by molar-refractivity contribution is 7.09. The molecular formula is C16H21N5O3S. The van der Waals surface area contributed by atoms with Gasteiger partial charge in [0.25, 0.3) is 5.69 Å². The molecule has 2 heterocycles. The lowest BCUT2D eigenvalue weighted by molar-refractivity contribution is -0.384. The summed E-state index contributed by atoms with van der Waals surface area (Å²) < 4.78 is 9.57. The third-order valence-electron chi connectivity index (χ3n) is 4.24. The topological polar surface area (TPSA) is 84.6 Å². The van der Waals surface area contributed by atoms with Crippen LogP contribution < -0.4 is 9.80 Å². The van der Waals surface area contributed by atoms with Crippen molar-refractivity contribution in [1.82, 2.24) is 9.36 Å². The number of benzene rings is 1. The number of nitrogens with zero attached hydrogens (tertiary/aromatic N) is 5. The van der Waals surface area contributed by atoms with Crippen LogP contribution in [0.3, 0.4) is 0 Å². The fourth-order valence-corrected chi connectivity index (χ4v) is 3.72. The Morgan fingerprint density at radius 1 is 1.28 bits per heavy atom. The van der Waals surface area contributed by atoms with Crippen molar-refractivity contribution in [2.75, 3.05) is 43.1 Å². The summed E-state index contributed by atoms with van der Waals surface area (Å²) in [6, 6.07) is 4.98. The van der Waals surface area contributed by atoms with Crippen molar-refractivity contribution in [2.24, 2.45) is 0 Å². The maximum atomic E-state index is 11.0. The van der Waals surface area contributed by atoms with Crippen LogP contribution >= 0.6 is 11.5 Å². The summed E-state index contributed by atoms with van der Waals surface area (Å²) in [5.41, 5.74) is 1.93. The van der Waals surface area contributed by atoms with E-state index < -0.39 is 0 Å². The van der Waals surface area contributed by atoms with Gasteiger partial charge in [-0.15, -0.1) is 0 Å². The smallest absolute Gasteiger partial charge is 0.269 e. The molecular weight excluding hydrogens is 342 g/mol. The Balaban J connectivity index is 1.72. The van der Waals surface area contributed by atoms with Gasteiger partial charge in [0.15, 0.2) is 0 Å². The number of rotatable bonds is 6. The van der Waals surface area contributed by atoms with Gasteiger partial charge >= 0.3 is 0 Å². The third-order valence-corrected chi connectivity index (χ3v) is 5.05. The van der Waals surface area contributed by atoms with Crippen molar-refractivity contribution in [2.45, 2.75) is 20.0 Å². The van der Waals surface area contributed by atoms with E-state index in [0.29, 0.717) is 6.61 Å². The summed E-state index contributed by atoms with van der Waals surface area (Å²) in [5.74, 6) is 0.889. The molecule has 3 rings (SSSR count). The molecule has 0 unspecified atom stereocenters. The third kappa shape index (κ3) is 3.88. The highest BCUT2D eigenvalue weighted by Gasteiger charge is 2.22. The lowest BCUT2D eigenvalue weighted by Gasteiger charge is -2.36. The first kappa shape index (κ1) is 17.6. The van der Waals surface area contributed by atoms with Crippen molar-refractivity contribution < 1.29 is 9.66 Å². The minimum atomic E-state index is -0.373. The molecule has 0 aliphatic carbocycles. The van der Waals surface area contributed by atoms with Gasteiger partial charge in [-0.05, 0) is 6.07 Å². The first-order chi connectivity index (χ1) is 12.1. The highest BCUT2D eigenvalue weighted by atomic mass is 32.1. The number of aryl methyl sites for hydroxylation is 1. The van der Waals surface area contributed by atoms with E-state index >= 15 is 0 Å². The number of piperazine rings is 1. The molecule has 8 nitrogen and oxygen atoms in total. The molecule has 0 radical (unpaired) electrons. The minimum absolute atomic E-state index is 0.0930. The Bertz CT molecular complexity index is 743. The summed E-state index contributed by atoms with van der Waals surface area (Å²) in [7, 11) is 1.60. The van der Waals surface area contributed by atoms with E-state index in [1.54, 1.807) is 19.2 Å². The Hall–Kier alpha value is -2.26. The van der Waals surface area contributed by atoms with Gasteiger partial charge in [0.1, 0.15) is 5.82 Å². The van der Waals surface area contributed by atoms with E-state index in [0.717, 1.165) is 54.8 Å². The number of aromatic nitrogens is 2. The molecule has 1 aromatic carbocycles. The number of ether oxygens (including phenoxy) is 1. The Kier molecular flexibility index (Phi) is 5.44. The van der Waals surface area contributed by atoms with Crippen LogP contribution in [0.5, 0.6) is 0 Å². The number of methoxy groups -OCH3 is 1. The number of non-ortho nitro benzene ring substituents is 1. The van der Waals surface area contributed by atoms with Crippen molar-refractivity contribution in [3.05, 3.63) is 39.7 Å². The molecule has 1 aliphatic rings. The predicted octanol–water partition coefficient (Wildman–Crippen LogP) is 2.48. The maximum Gasteiger partial charge on any atom is 0.269 e. The van der Waals surface area contributed by atoms with Crippen LogP contribution in [0.2, 0.25) is 0 Å². The molecule has 1 fully saturated rings.